The number of ether oxygens (including phenoxy) is 4. The highest BCUT2D eigenvalue weighted by molar-refractivity contribution is 5.55. The lowest BCUT2D eigenvalue weighted by molar-refractivity contribution is -0.288. The van der Waals surface area contributed by atoms with Crippen molar-refractivity contribution >= 4 is 0 Å². The molecule has 0 radical (unpaired) electrons. The molecule has 18 heteroatoms. The van der Waals surface area contributed by atoms with E-state index in [9.17, 15) is 57.0 Å². The van der Waals surface area contributed by atoms with Gasteiger partial charge in [-0.15, -0.1) is 0 Å². The maximum absolute atomic E-state index is 14.4. The molecule has 0 bridgehead atoms. The van der Waals surface area contributed by atoms with Gasteiger partial charge in [-0.05, 0) is 170 Å². The van der Waals surface area contributed by atoms with Crippen LogP contribution in [-0.4, -0.2) is 130 Å². The zero-order valence-corrected chi connectivity index (χ0v) is 48.1. The summed E-state index contributed by atoms with van der Waals surface area (Å²) < 4.78 is 109. The Morgan fingerprint density at radius 1 is 0.366 bits per heavy atom. The molecule has 8 N–H and O–H groups in total. The summed E-state index contributed by atoms with van der Waals surface area (Å²) in [5, 5.41) is 76.1. The van der Waals surface area contributed by atoms with Crippen molar-refractivity contribution in [2.75, 3.05) is 52.9 Å². The first-order chi connectivity index (χ1) is 38.5. The number of aliphatic hydroxyl groups excluding tert-OH is 8. The van der Waals surface area contributed by atoms with Crippen LogP contribution in [-0.2, 0) is 24.7 Å². The van der Waals surface area contributed by atoms with Gasteiger partial charge in [0.15, 0.2) is 0 Å². The number of alkyl halides is 6. The van der Waals surface area contributed by atoms with Gasteiger partial charge in [0.1, 0.15) is 73.8 Å². The van der Waals surface area contributed by atoms with E-state index in [1.165, 1.54) is 58.4 Å². The molecule has 0 aromatic heterocycles. The monoisotopic (exact) mass is 1150 g/mol. The molecule has 0 saturated heterocycles. The topological polar surface area (TPSA) is 199 Å². The third-order valence-electron chi connectivity index (χ3n) is 14.5. The second-order valence-corrected chi connectivity index (χ2v) is 21.4. The summed E-state index contributed by atoms with van der Waals surface area (Å²) in [7, 11) is 0. The van der Waals surface area contributed by atoms with E-state index in [4.69, 9.17) is 29.2 Å². The molecule has 0 heterocycles. The van der Waals surface area contributed by atoms with E-state index >= 15 is 0 Å². The van der Waals surface area contributed by atoms with E-state index in [-0.39, 0.29) is 35.8 Å². The zero-order chi connectivity index (χ0) is 61.0. The number of rotatable bonds is 24. The number of aryl methyl sites for hydroxylation is 8. The molecule has 0 aliphatic heterocycles. The molecular formula is C64H78F6O12. The summed E-state index contributed by atoms with van der Waals surface area (Å²) in [4.78, 5) is 0. The second kappa shape index (κ2) is 28.9. The van der Waals surface area contributed by atoms with Gasteiger partial charge in [-0.3, -0.25) is 0 Å². The maximum Gasteiger partial charge on any atom is 0.411 e. The van der Waals surface area contributed by atoms with E-state index in [0.29, 0.717) is 42.9 Å². The Morgan fingerprint density at radius 2 is 0.646 bits per heavy atom. The van der Waals surface area contributed by atoms with E-state index in [1.807, 2.05) is 0 Å². The molecule has 6 aromatic carbocycles. The largest absolute Gasteiger partial charge is 0.491 e. The third kappa shape index (κ3) is 16.5. The minimum absolute atomic E-state index is 0.0389. The van der Waals surface area contributed by atoms with E-state index in [1.54, 1.807) is 0 Å². The molecule has 4 unspecified atom stereocenters. The standard InChI is InChI=1S/C41H52O6.C23H26F6O6/c1-24-9-34(17-32-13-26(3)30(7)27(4)14-32)40(46-22-38(44)20-42)36(11-24)19-37-12-25(2)10-35(41(37)47-23-39(45)21-43)18-33-15-28(5)31(8)29(6)16-33;1-13-7-15(3-5-19(13)34-11-17(32)9-30)21(22(24,25)26,23(27,28)29)16-4-6-20(14(2)8-16)35-12-18(33)10-31/h9-16,38-39,42-45H,17-23H2,1-8H3;3-8,17-18,30-33H,9-12H2,1-2H3. The van der Waals surface area contributed by atoms with Crippen LogP contribution in [0.3, 0.4) is 0 Å². The maximum atomic E-state index is 14.4. The Hall–Kier alpha value is -6.22. The van der Waals surface area contributed by atoms with Gasteiger partial charge in [0, 0.05) is 19.3 Å². The molecule has 12 nitrogen and oxygen atoms in total. The van der Waals surface area contributed by atoms with E-state index in [0.717, 1.165) is 57.6 Å². The molecule has 0 fully saturated rings. The fourth-order valence-corrected chi connectivity index (χ4v) is 9.87. The summed E-state index contributed by atoms with van der Waals surface area (Å²) in [5.41, 5.74) is 9.30. The van der Waals surface area contributed by atoms with E-state index < -0.39 is 93.0 Å². The van der Waals surface area contributed by atoms with Crippen LogP contribution in [0.25, 0.3) is 0 Å². The lowest BCUT2D eigenvalue weighted by Crippen LogP contribution is -2.54. The summed E-state index contributed by atoms with van der Waals surface area (Å²) in [6.07, 6.45) is -14.4. The quantitative estimate of drug-likeness (QED) is 0.0268. The van der Waals surface area contributed by atoms with Crippen LogP contribution < -0.4 is 18.9 Å². The van der Waals surface area contributed by atoms with Crippen LogP contribution in [0, 0.1) is 69.2 Å². The molecule has 82 heavy (non-hydrogen) atoms. The molecule has 0 aliphatic rings. The number of aliphatic hydroxyl groups is 8. The normalized spacial score (nSPS) is 13.5. The summed E-state index contributed by atoms with van der Waals surface area (Å²) >= 11 is 0. The van der Waals surface area contributed by atoms with Gasteiger partial charge in [0.2, 0.25) is 5.41 Å². The molecule has 0 amide bonds. The number of halogens is 6. The first kappa shape index (κ1) is 66.6. The fourth-order valence-electron chi connectivity index (χ4n) is 9.87. The lowest BCUT2D eigenvalue weighted by Gasteiger charge is -2.38. The van der Waals surface area contributed by atoms with Gasteiger partial charge in [-0.2, -0.15) is 26.3 Å². The zero-order valence-electron chi connectivity index (χ0n) is 48.1. The molecule has 0 spiro atoms. The van der Waals surface area contributed by atoms with Gasteiger partial charge in [0.05, 0.1) is 26.4 Å². The van der Waals surface area contributed by atoms with Crippen LogP contribution in [0.5, 0.6) is 23.0 Å². The van der Waals surface area contributed by atoms with E-state index in [2.05, 4.69) is 104 Å². The van der Waals surface area contributed by atoms with Gasteiger partial charge in [-0.1, -0.05) is 83.9 Å². The molecule has 6 rings (SSSR count). The van der Waals surface area contributed by atoms with Crippen molar-refractivity contribution < 1.29 is 86.1 Å². The highest BCUT2D eigenvalue weighted by Crippen LogP contribution is 2.57. The van der Waals surface area contributed by atoms with Crippen molar-refractivity contribution in [2.24, 2.45) is 0 Å². The minimum Gasteiger partial charge on any atom is -0.491 e. The second-order valence-electron chi connectivity index (χ2n) is 21.4. The minimum atomic E-state index is -5.80. The van der Waals surface area contributed by atoms with Crippen molar-refractivity contribution in [3.05, 3.63) is 185 Å². The Morgan fingerprint density at radius 3 is 0.915 bits per heavy atom. The smallest absolute Gasteiger partial charge is 0.411 e. The van der Waals surface area contributed by atoms with Gasteiger partial charge < -0.3 is 59.8 Å². The lowest BCUT2D eigenvalue weighted by atomic mass is 9.72. The SMILES string of the molecule is Cc1cc(C(c2ccc(OCC(O)CO)c(C)c2)(C(F)(F)F)C(F)(F)F)ccc1OCC(O)CO.Cc1cc(Cc2cc(C)c(C)c(C)c2)c(OCC(O)CO)c(Cc2cc(C)cc(Cc3cc(C)c(C)c(C)c3)c2OCC(O)CO)c1. The van der Waals surface area contributed by atoms with Crippen molar-refractivity contribution in [2.45, 2.75) is 131 Å². The van der Waals surface area contributed by atoms with Crippen LogP contribution >= 0.6 is 0 Å². The molecular weight excluding hydrogens is 1070 g/mol. The summed E-state index contributed by atoms with van der Waals surface area (Å²) in [6.45, 7) is 16.5. The Labute approximate surface area is 476 Å². The van der Waals surface area contributed by atoms with Crippen molar-refractivity contribution in [1.82, 2.24) is 0 Å². The van der Waals surface area contributed by atoms with Crippen LogP contribution in [0.15, 0.2) is 84.9 Å². The number of hydrogen-bond acceptors (Lipinski definition) is 12. The molecule has 448 valence electrons. The summed E-state index contributed by atoms with van der Waals surface area (Å²) in [5.74, 6) is 1.27. The molecule has 0 aliphatic carbocycles. The highest BCUT2D eigenvalue weighted by Gasteiger charge is 2.72. The van der Waals surface area contributed by atoms with Gasteiger partial charge in [-0.25, -0.2) is 0 Å². The van der Waals surface area contributed by atoms with Gasteiger partial charge >= 0.3 is 12.4 Å². The number of hydrogen-bond donors (Lipinski definition) is 8. The first-order valence-corrected chi connectivity index (χ1v) is 26.9. The van der Waals surface area contributed by atoms with Crippen LogP contribution in [0.2, 0.25) is 0 Å². The number of benzene rings is 6. The Bertz CT molecular complexity index is 2850. The third-order valence-corrected chi connectivity index (χ3v) is 14.5. The average Bonchev–Trinajstić information content (AvgIpc) is 1.96. The first-order valence-electron chi connectivity index (χ1n) is 26.9. The molecule has 4 atom stereocenters. The predicted molar refractivity (Wildman–Crippen MR) is 302 cm³/mol. The fraction of sp³-hybridized carbons (Fsp3) is 0.438. The molecule has 6 aromatic rings. The Kier molecular flexibility index (Phi) is 23.4. The predicted octanol–water partition coefficient (Wildman–Crippen LogP) is 9.57. The van der Waals surface area contributed by atoms with Crippen LogP contribution in [0.1, 0.15) is 100 Å². The van der Waals surface area contributed by atoms with Crippen LogP contribution in [0.4, 0.5) is 26.3 Å². The highest BCUT2D eigenvalue weighted by atomic mass is 19.4. The van der Waals surface area contributed by atoms with Gasteiger partial charge in [0.25, 0.3) is 0 Å². The average molecular weight is 1150 g/mol. The molecule has 0 saturated carbocycles. The Balaban J connectivity index is 0.000000315. The van der Waals surface area contributed by atoms with Crippen molar-refractivity contribution in [1.29, 1.82) is 0 Å². The van der Waals surface area contributed by atoms with Crippen molar-refractivity contribution in [3.8, 4) is 23.0 Å². The summed E-state index contributed by atoms with van der Waals surface area (Å²) in [6, 6.07) is 22.0. The van der Waals surface area contributed by atoms with Crippen molar-refractivity contribution in [3.63, 3.8) is 0 Å².